The van der Waals surface area contributed by atoms with Crippen LogP contribution in [-0.4, -0.2) is 16.8 Å². The summed E-state index contributed by atoms with van der Waals surface area (Å²) in [7, 11) is 0. The molecule has 1 N–H and O–H groups in total. The number of halogens is 1. The molecular weight excluding hydrogens is 395 g/mol. The van der Waals surface area contributed by atoms with Crippen LogP contribution in [0.25, 0.3) is 6.08 Å². The summed E-state index contributed by atoms with van der Waals surface area (Å²) < 4.78 is 19.9. The Balaban J connectivity index is 1.52. The minimum atomic E-state index is -0.586. The number of ether oxygens (including phenoxy) is 1. The van der Waals surface area contributed by atoms with E-state index in [2.05, 4.69) is 5.32 Å². The van der Waals surface area contributed by atoms with Crippen LogP contribution in [0.3, 0.4) is 0 Å². The third kappa shape index (κ3) is 4.64. The normalized spacial score (nSPS) is 14.8. The maximum Gasteiger partial charge on any atom is 0.329 e. The van der Waals surface area contributed by atoms with E-state index in [1.165, 1.54) is 11.6 Å². The fraction of sp³-hybridized carbons (Fsp3) is 0.120. The zero-order chi connectivity index (χ0) is 21.8. The van der Waals surface area contributed by atoms with Crippen LogP contribution in [-0.2, 0) is 17.9 Å². The molecule has 0 aliphatic carbocycles. The van der Waals surface area contributed by atoms with E-state index in [1.54, 1.807) is 36.4 Å². The Morgan fingerprint density at radius 3 is 2.45 bits per heavy atom. The summed E-state index contributed by atoms with van der Waals surface area (Å²) in [6.45, 7) is 2.26. The number of benzene rings is 3. The molecule has 0 unspecified atom stereocenters. The predicted molar refractivity (Wildman–Crippen MR) is 115 cm³/mol. The Hall–Kier alpha value is -3.93. The van der Waals surface area contributed by atoms with Crippen molar-refractivity contribution in [3.63, 3.8) is 0 Å². The summed E-state index contributed by atoms with van der Waals surface area (Å²) in [4.78, 5) is 26.1. The van der Waals surface area contributed by atoms with Gasteiger partial charge in [-0.3, -0.25) is 9.69 Å². The molecular formula is C25H21FN2O3. The van der Waals surface area contributed by atoms with Crippen molar-refractivity contribution in [1.29, 1.82) is 0 Å². The highest BCUT2D eigenvalue weighted by Gasteiger charge is 2.34. The number of nitrogens with one attached hydrogen (secondary N) is 1. The molecule has 5 nitrogen and oxygen atoms in total. The lowest BCUT2D eigenvalue weighted by Crippen LogP contribution is -2.30. The number of hydrogen-bond acceptors (Lipinski definition) is 3. The van der Waals surface area contributed by atoms with Gasteiger partial charge in [-0.1, -0.05) is 66.2 Å². The number of amides is 3. The SMILES string of the molecule is Cc1ccc(COc2ccccc2/C=C2/NC(=O)N(Cc3ccccc3F)C2=O)cc1. The van der Waals surface area contributed by atoms with Crippen molar-refractivity contribution in [3.05, 3.63) is 107 Å². The van der Waals surface area contributed by atoms with Crippen LogP contribution >= 0.6 is 0 Å². The smallest absolute Gasteiger partial charge is 0.329 e. The second-order valence-electron chi connectivity index (χ2n) is 7.28. The van der Waals surface area contributed by atoms with Crippen molar-refractivity contribution in [2.45, 2.75) is 20.1 Å². The second-order valence-corrected chi connectivity index (χ2v) is 7.28. The number of imide groups is 1. The van der Waals surface area contributed by atoms with Crippen LogP contribution in [0.15, 0.2) is 78.5 Å². The van der Waals surface area contributed by atoms with Gasteiger partial charge in [0, 0.05) is 11.1 Å². The maximum absolute atomic E-state index is 13.9. The third-order valence-corrected chi connectivity index (χ3v) is 4.98. The number of carbonyl (C=O) groups excluding carboxylic acids is 2. The molecule has 0 bridgehead atoms. The topological polar surface area (TPSA) is 58.6 Å². The van der Waals surface area contributed by atoms with Crippen molar-refractivity contribution in [3.8, 4) is 5.75 Å². The highest BCUT2D eigenvalue weighted by Crippen LogP contribution is 2.24. The summed E-state index contributed by atoms with van der Waals surface area (Å²) in [6, 6.07) is 20.8. The van der Waals surface area contributed by atoms with Crippen molar-refractivity contribution < 1.29 is 18.7 Å². The zero-order valence-electron chi connectivity index (χ0n) is 17.0. The summed E-state index contributed by atoms with van der Waals surface area (Å²) in [5, 5.41) is 2.57. The van der Waals surface area contributed by atoms with E-state index >= 15 is 0 Å². The lowest BCUT2D eigenvalue weighted by molar-refractivity contribution is -0.123. The van der Waals surface area contributed by atoms with Crippen LogP contribution in [0.2, 0.25) is 0 Å². The number of hydrogen-bond donors (Lipinski definition) is 1. The first-order valence-corrected chi connectivity index (χ1v) is 9.86. The molecule has 1 aliphatic heterocycles. The fourth-order valence-electron chi connectivity index (χ4n) is 3.24. The van der Waals surface area contributed by atoms with Gasteiger partial charge in [0.2, 0.25) is 0 Å². The summed E-state index contributed by atoms with van der Waals surface area (Å²) >= 11 is 0. The minimum Gasteiger partial charge on any atom is -0.488 e. The van der Waals surface area contributed by atoms with Crippen molar-refractivity contribution in [2.24, 2.45) is 0 Å². The molecule has 3 amide bonds. The molecule has 31 heavy (non-hydrogen) atoms. The Labute approximate surface area is 179 Å². The number of urea groups is 1. The predicted octanol–water partition coefficient (Wildman–Crippen LogP) is 4.81. The molecule has 0 atom stereocenters. The van der Waals surface area contributed by atoms with E-state index in [-0.39, 0.29) is 17.8 Å². The van der Waals surface area contributed by atoms with Crippen LogP contribution in [0.4, 0.5) is 9.18 Å². The van der Waals surface area contributed by atoms with Crippen LogP contribution in [0, 0.1) is 12.7 Å². The largest absolute Gasteiger partial charge is 0.488 e. The number of aryl methyl sites for hydroxylation is 1. The van der Waals surface area contributed by atoms with E-state index in [0.29, 0.717) is 17.9 Å². The number of nitrogens with zero attached hydrogens (tertiary/aromatic N) is 1. The first-order valence-electron chi connectivity index (χ1n) is 9.86. The zero-order valence-corrected chi connectivity index (χ0v) is 17.0. The molecule has 0 aromatic heterocycles. The molecule has 1 heterocycles. The van der Waals surface area contributed by atoms with Crippen molar-refractivity contribution in [2.75, 3.05) is 0 Å². The van der Waals surface area contributed by atoms with Gasteiger partial charge in [0.05, 0.1) is 6.54 Å². The van der Waals surface area contributed by atoms with Crippen LogP contribution in [0.1, 0.15) is 22.3 Å². The van der Waals surface area contributed by atoms with Crippen molar-refractivity contribution in [1.82, 2.24) is 10.2 Å². The standard InChI is InChI=1S/C25H21FN2O3/c1-17-10-12-18(13-11-17)16-31-23-9-5-3-6-19(23)14-22-24(29)28(25(30)27-22)15-20-7-2-4-8-21(20)26/h2-14H,15-16H2,1H3,(H,27,30)/b22-14+. The maximum atomic E-state index is 13.9. The molecule has 0 saturated carbocycles. The van der Waals surface area contributed by atoms with Gasteiger partial charge in [0.1, 0.15) is 23.9 Å². The van der Waals surface area contributed by atoms with Gasteiger partial charge in [-0.25, -0.2) is 9.18 Å². The van der Waals surface area contributed by atoms with Gasteiger partial charge in [-0.2, -0.15) is 0 Å². The molecule has 3 aromatic carbocycles. The Bertz CT molecular complexity index is 1160. The third-order valence-electron chi connectivity index (χ3n) is 4.98. The summed E-state index contributed by atoms with van der Waals surface area (Å²) in [6.07, 6.45) is 1.58. The van der Waals surface area contributed by atoms with E-state index in [9.17, 15) is 14.0 Å². The lowest BCUT2D eigenvalue weighted by atomic mass is 10.1. The number of carbonyl (C=O) groups is 2. The van der Waals surface area contributed by atoms with E-state index in [4.69, 9.17) is 4.74 Å². The Kier molecular flexibility index (Phi) is 5.80. The molecule has 6 heteroatoms. The van der Waals surface area contributed by atoms with E-state index in [0.717, 1.165) is 10.5 Å². The van der Waals surface area contributed by atoms with Crippen molar-refractivity contribution >= 4 is 18.0 Å². The highest BCUT2D eigenvalue weighted by atomic mass is 19.1. The molecule has 156 valence electrons. The van der Waals surface area contributed by atoms with Crippen LogP contribution < -0.4 is 10.1 Å². The molecule has 1 fully saturated rings. The molecule has 0 radical (unpaired) electrons. The van der Waals surface area contributed by atoms with Crippen LogP contribution in [0.5, 0.6) is 5.75 Å². The summed E-state index contributed by atoms with van der Waals surface area (Å²) in [5.41, 5.74) is 3.24. The van der Waals surface area contributed by atoms with Gasteiger partial charge in [0.15, 0.2) is 0 Å². The van der Waals surface area contributed by atoms with Gasteiger partial charge in [0.25, 0.3) is 5.91 Å². The second kappa shape index (κ2) is 8.83. The average molecular weight is 416 g/mol. The summed E-state index contributed by atoms with van der Waals surface area (Å²) in [5.74, 6) is -0.387. The average Bonchev–Trinajstić information content (AvgIpc) is 3.03. The first kappa shape index (κ1) is 20.3. The van der Waals surface area contributed by atoms with E-state index in [1.807, 2.05) is 43.3 Å². The van der Waals surface area contributed by atoms with Gasteiger partial charge < -0.3 is 10.1 Å². The van der Waals surface area contributed by atoms with Gasteiger partial charge in [-0.05, 0) is 30.7 Å². The monoisotopic (exact) mass is 416 g/mol. The highest BCUT2D eigenvalue weighted by molar-refractivity contribution is 6.14. The molecule has 3 aromatic rings. The van der Waals surface area contributed by atoms with Gasteiger partial charge >= 0.3 is 6.03 Å². The Morgan fingerprint density at radius 2 is 1.68 bits per heavy atom. The lowest BCUT2D eigenvalue weighted by Gasteiger charge is -2.12. The molecule has 4 rings (SSSR count). The number of para-hydroxylation sites is 1. The quantitative estimate of drug-likeness (QED) is 0.464. The number of rotatable bonds is 6. The Morgan fingerprint density at radius 1 is 0.968 bits per heavy atom. The molecule has 0 spiro atoms. The van der Waals surface area contributed by atoms with E-state index < -0.39 is 17.8 Å². The molecule has 1 saturated heterocycles. The minimum absolute atomic E-state index is 0.118. The first-order chi connectivity index (χ1) is 15.0. The van der Waals surface area contributed by atoms with Gasteiger partial charge in [-0.15, -0.1) is 0 Å². The molecule has 1 aliphatic rings. The fourth-order valence-corrected chi connectivity index (χ4v) is 3.24.